The summed E-state index contributed by atoms with van der Waals surface area (Å²) in [5.41, 5.74) is 0.879. The molecule has 4 heteroatoms. The SMILES string of the molecule is Fc1cc(NC2CCOC3(CCCCC3)C2)ccc1Cl. The molecule has 110 valence electrons. The van der Waals surface area contributed by atoms with E-state index in [1.807, 2.05) is 6.07 Å². The van der Waals surface area contributed by atoms with Crippen molar-refractivity contribution >= 4 is 17.3 Å². The highest BCUT2D eigenvalue weighted by molar-refractivity contribution is 6.30. The normalized spacial score (nSPS) is 25.6. The predicted octanol–water partition coefficient (Wildman–Crippen LogP) is 4.77. The minimum atomic E-state index is -0.365. The molecule has 1 saturated heterocycles. The van der Waals surface area contributed by atoms with Crippen LogP contribution in [-0.4, -0.2) is 18.2 Å². The maximum Gasteiger partial charge on any atom is 0.143 e. The smallest absolute Gasteiger partial charge is 0.143 e. The van der Waals surface area contributed by atoms with E-state index in [4.69, 9.17) is 16.3 Å². The topological polar surface area (TPSA) is 21.3 Å². The Morgan fingerprint density at radius 2 is 2.05 bits per heavy atom. The first kappa shape index (κ1) is 14.2. The molecule has 1 heterocycles. The van der Waals surface area contributed by atoms with E-state index in [0.717, 1.165) is 25.1 Å². The Morgan fingerprint density at radius 1 is 1.25 bits per heavy atom. The third-order valence-corrected chi connectivity index (χ3v) is 4.85. The van der Waals surface area contributed by atoms with Crippen LogP contribution >= 0.6 is 11.6 Å². The molecule has 3 rings (SSSR count). The van der Waals surface area contributed by atoms with Gasteiger partial charge in [0.2, 0.25) is 0 Å². The maximum absolute atomic E-state index is 13.5. The van der Waals surface area contributed by atoms with Crippen LogP contribution in [0.15, 0.2) is 18.2 Å². The number of halogens is 2. The van der Waals surface area contributed by atoms with E-state index in [1.165, 1.54) is 38.2 Å². The summed E-state index contributed by atoms with van der Waals surface area (Å²) in [4.78, 5) is 0. The number of rotatable bonds is 2. The van der Waals surface area contributed by atoms with Crippen LogP contribution in [0.1, 0.15) is 44.9 Å². The molecular weight excluding hydrogens is 277 g/mol. The molecule has 1 saturated carbocycles. The minimum Gasteiger partial charge on any atom is -0.382 e. The lowest BCUT2D eigenvalue weighted by atomic mass is 9.78. The van der Waals surface area contributed by atoms with E-state index in [2.05, 4.69) is 5.32 Å². The van der Waals surface area contributed by atoms with Crippen molar-refractivity contribution in [2.45, 2.75) is 56.6 Å². The van der Waals surface area contributed by atoms with Crippen molar-refractivity contribution in [1.29, 1.82) is 0 Å². The van der Waals surface area contributed by atoms with E-state index >= 15 is 0 Å². The summed E-state index contributed by atoms with van der Waals surface area (Å²) in [5.74, 6) is -0.365. The Kier molecular flexibility index (Phi) is 4.18. The van der Waals surface area contributed by atoms with E-state index in [1.54, 1.807) is 6.07 Å². The second kappa shape index (κ2) is 5.90. The van der Waals surface area contributed by atoms with Crippen molar-refractivity contribution in [1.82, 2.24) is 0 Å². The second-order valence-corrected chi connectivity index (χ2v) is 6.46. The van der Waals surface area contributed by atoms with Crippen LogP contribution in [0, 0.1) is 5.82 Å². The second-order valence-electron chi connectivity index (χ2n) is 6.06. The molecule has 1 spiro atoms. The summed E-state index contributed by atoms with van der Waals surface area (Å²) in [6.45, 7) is 0.799. The van der Waals surface area contributed by atoms with Gasteiger partial charge in [-0.05, 0) is 43.9 Å². The van der Waals surface area contributed by atoms with Gasteiger partial charge in [-0.2, -0.15) is 0 Å². The van der Waals surface area contributed by atoms with Crippen LogP contribution in [0.25, 0.3) is 0 Å². The highest BCUT2D eigenvalue weighted by atomic mass is 35.5. The highest BCUT2D eigenvalue weighted by Crippen LogP contribution is 2.39. The Balaban J connectivity index is 1.66. The molecule has 1 aliphatic carbocycles. The number of ether oxygens (including phenoxy) is 1. The molecule has 1 aliphatic heterocycles. The van der Waals surface area contributed by atoms with Gasteiger partial charge in [-0.3, -0.25) is 0 Å². The first-order chi connectivity index (χ1) is 9.67. The van der Waals surface area contributed by atoms with Crippen molar-refractivity contribution in [2.24, 2.45) is 0 Å². The summed E-state index contributed by atoms with van der Waals surface area (Å²) in [5, 5.41) is 3.61. The molecule has 20 heavy (non-hydrogen) atoms. The molecule has 1 N–H and O–H groups in total. The fraction of sp³-hybridized carbons (Fsp3) is 0.625. The molecule has 2 nitrogen and oxygen atoms in total. The van der Waals surface area contributed by atoms with Crippen molar-refractivity contribution < 1.29 is 9.13 Å². The summed E-state index contributed by atoms with van der Waals surface area (Å²) >= 11 is 5.72. The van der Waals surface area contributed by atoms with E-state index < -0.39 is 0 Å². The van der Waals surface area contributed by atoms with Gasteiger partial charge in [0.15, 0.2) is 0 Å². The monoisotopic (exact) mass is 297 g/mol. The summed E-state index contributed by atoms with van der Waals surface area (Å²) in [6.07, 6.45) is 8.19. The lowest BCUT2D eigenvalue weighted by molar-refractivity contribution is -0.103. The standard InChI is InChI=1S/C16H21ClFNO/c17-14-5-4-12(10-15(14)18)19-13-6-9-20-16(11-13)7-2-1-3-8-16/h4-5,10,13,19H,1-3,6-9,11H2. The average molecular weight is 298 g/mol. The third-order valence-electron chi connectivity index (χ3n) is 4.55. The molecule has 2 fully saturated rings. The van der Waals surface area contributed by atoms with E-state index in [-0.39, 0.29) is 16.4 Å². The van der Waals surface area contributed by atoms with E-state index in [0.29, 0.717) is 6.04 Å². The van der Waals surface area contributed by atoms with Crippen molar-refractivity contribution in [3.63, 3.8) is 0 Å². The van der Waals surface area contributed by atoms with Crippen LogP contribution in [-0.2, 0) is 4.74 Å². The molecule has 0 amide bonds. The molecule has 0 aromatic heterocycles. The lowest BCUT2D eigenvalue weighted by Crippen LogP contribution is -2.45. The van der Waals surface area contributed by atoms with Gasteiger partial charge in [-0.1, -0.05) is 30.9 Å². The van der Waals surface area contributed by atoms with Gasteiger partial charge in [0.25, 0.3) is 0 Å². The predicted molar refractivity (Wildman–Crippen MR) is 79.8 cm³/mol. The number of benzene rings is 1. The van der Waals surface area contributed by atoms with Crippen molar-refractivity contribution in [2.75, 3.05) is 11.9 Å². The van der Waals surface area contributed by atoms with Crippen molar-refractivity contribution in [3.05, 3.63) is 29.0 Å². The zero-order valence-electron chi connectivity index (χ0n) is 11.6. The Bertz CT molecular complexity index is 468. The Morgan fingerprint density at radius 3 is 2.80 bits per heavy atom. The summed E-state index contributed by atoms with van der Waals surface area (Å²) in [6, 6.07) is 5.29. The third kappa shape index (κ3) is 3.09. The molecule has 1 aromatic carbocycles. The molecule has 1 unspecified atom stereocenters. The number of hydrogen-bond acceptors (Lipinski definition) is 2. The van der Waals surface area contributed by atoms with E-state index in [9.17, 15) is 4.39 Å². The molecule has 1 atom stereocenters. The summed E-state index contributed by atoms with van der Waals surface area (Å²) < 4.78 is 19.6. The Hall–Kier alpha value is -0.800. The Labute approximate surface area is 124 Å². The molecule has 2 aliphatic rings. The van der Waals surface area contributed by atoms with Gasteiger partial charge >= 0.3 is 0 Å². The van der Waals surface area contributed by atoms with Crippen LogP contribution in [0.2, 0.25) is 5.02 Å². The van der Waals surface area contributed by atoms with Gasteiger partial charge in [0.05, 0.1) is 10.6 Å². The largest absolute Gasteiger partial charge is 0.382 e. The summed E-state index contributed by atoms with van der Waals surface area (Å²) in [7, 11) is 0. The van der Waals surface area contributed by atoms with Crippen LogP contribution in [0.5, 0.6) is 0 Å². The van der Waals surface area contributed by atoms with Gasteiger partial charge in [-0.25, -0.2) is 4.39 Å². The number of hydrogen-bond donors (Lipinski definition) is 1. The molecule has 0 radical (unpaired) electrons. The zero-order chi connectivity index (χ0) is 14.0. The zero-order valence-corrected chi connectivity index (χ0v) is 12.4. The van der Waals surface area contributed by atoms with Gasteiger partial charge in [0.1, 0.15) is 5.82 Å². The number of nitrogens with one attached hydrogen (secondary N) is 1. The first-order valence-electron chi connectivity index (χ1n) is 7.52. The fourth-order valence-corrected chi connectivity index (χ4v) is 3.63. The number of anilines is 1. The molecular formula is C16H21ClFNO. The van der Waals surface area contributed by atoms with Crippen LogP contribution < -0.4 is 5.32 Å². The first-order valence-corrected chi connectivity index (χ1v) is 7.90. The highest BCUT2D eigenvalue weighted by Gasteiger charge is 2.38. The van der Waals surface area contributed by atoms with Gasteiger partial charge < -0.3 is 10.1 Å². The molecule has 0 bridgehead atoms. The fourth-order valence-electron chi connectivity index (χ4n) is 3.52. The average Bonchev–Trinajstić information content (AvgIpc) is 2.44. The van der Waals surface area contributed by atoms with Crippen LogP contribution in [0.3, 0.4) is 0 Å². The lowest BCUT2D eigenvalue weighted by Gasteiger charge is -2.44. The van der Waals surface area contributed by atoms with Gasteiger partial charge in [-0.15, -0.1) is 0 Å². The van der Waals surface area contributed by atoms with Gasteiger partial charge in [0, 0.05) is 18.3 Å². The minimum absolute atomic E-state index is 0.0686. The maximum atomic E-state index is 13.5. The quantitative estimate of drug-likeness (QED) is 0.849. The van der Waals surface area contributed by atoms with Crippen LogP contribution in [0.4, 0.5) is 10.1 Å². The van der Waals surface area contributed by atoms with Crippen molar-refractivity contribution in [3.8, 4) is 0 Å². The molecule has 1 aromatic rings.